The number of nitrogens with one attached hydrogen (secondary N) is 1. The monoisotopic (exact) mass is 285 g/mol. The maximum atomic E-state index is 3.55. The van der Waals surface area contributed by atoms with E-state index in [-0.39, 0.29) is 0 Å². The maximum Gasteiger partial charge on any atom is 0.0418 e. The summed E-state index contributed by atoms with van der Waals surface area (Å²) in [5, 5.41) is 3.55. The van der Waals surface area contributed by atoms with E-state index in [2.05, 4.69) is 80.0 Å². The van der Waals surface area contributed by atoms with Crippen LogP contribution in [0.2, 0.25) is 0 Å². The van der Waals surface area contributed by atoms with Crippen molar-refractivity contribution in [2.45, 2.75) is 40.4 Å². The summed E-state index contributed by atoms with van der Waals surface area (Å²) in [7, 11) is 4.19. The Labute approximate surface area is 128 Å². The third kappa shape index (κ3) is 3.88. The molecule has 0 radical (unpaired) electrons. The SMILES string of the molecule is CCn1c(C)cc(CNc2cccc(CN(C)C)c2)c1C. The lowest BCUT2D eigenvalue weighted by atomic mass is 10.2. The molecular weight excluding hydrogens is 258 g/mol. The minimum atomic E-state index is 0.880. The Morgan fingerprint density at radius 3 is 2.52 bits per heavy atom. The van der Waals surface area contributed by atoms with Gasteiger partial charge in [-0.05, 0) is 64.2 Å². The minimum Gasteiger partial charge on any atom is -0.381 e. The fourth-order valence-electron chi connectivity index (χ4n) is 2.88. The lowest BCUT2D eigenvalue weighted by molar-refractivity contribution is 0.402. The Morgan fingerprint density at radius 1 is 1.14 bits per heavy atom. The molecule has 0 aliphatic rings. The van der Waals surface area contributed by atoms with Gasteiger partial charge in [0.2, 0.25) is 0 Å². The first-order valence-electron chi connectivity index (χ1n) is 7.64. The van der Waals surface area contributed by atoms with Gasteiger partial charge in [-0.3, -0.25) is 0 Å². The fraction of sp³-hybridized carbons (Fsp3) is 0.444. The van der Waals surface area contributed by atoms with Gasteiger partial charge in [-0.1, -0.05) is 12.1 Å². The first-order chi connectivity index (χ1) is 10.0. The van der Waals surface area contributed by atoms with Crippen molar-refractivity contribution < 1.29 is 0 Å². The van der Waals surface area contributed by atoms with Gasteiger partial charge in [-0.2, -0.15) is 0 Å². The normalized spacial score (nSPS) is 11.1. The molecule has 3 nitrogen and oxygen atoms in total. The highest BCUT2D eigenvalue weighted by Gasteiger charge is 2.07. The van der Waals surface area contributed by atoms with Gasteiger partial charge in [0.05, 0.1) is 0 Å². The van der Waals surface area contributed by atoms with Crippen molar-refractivity contribution in [3.8, 4) is 0 Å². The molecule has 0 saturated heterocycles. The van der Waals surface area contributed by atoms with Crippen LogP contribution in [0.5, 0.6) is 0 Å². The first-order valence-corrected chi connectivity index (χ1v) is 7.64. The summed E-state index contributed by atoms with van der Waals surface area (Å²) in [6.45, 7) is 9.47. The zero-order valence-electron chi connectivity index (χ0n) is 13.9. The van der Waals surface area contributed by atoms with Crippen LogP contribution >= 0.6 is 0 Å². The zero-order chi connectivity index (χ0) is 15.4. The molecular formula is C18H27N3. The van der Waals surface area contributed by atoms with Gasteiger partial charge in [0.15, 0.2) is 0 Å². The lowest BCUT2D eigenvalue weighted by Crippen LogP contribution is -2.10. The molecule has 1 N–H and O–H groups in total. The second kappa shape index (κ2) is 6.81. The highest BCUT2D eigenvalue weighted by atomic mass is 15.0. The maximum absolute atomic E-state index is 3.55. The van der Waals surface area contributed by atoms with Crippen LogP contribution in [0, 0.1) is 13.8 Å². The van der Waals surface area contributed by atoms with Gasteiger partial charge in [0.1, 0.15) is 0 Å². The van der Waals surface area contributed by atoms with Crippen molar-refractivity contribution in [1.29, 1.82) is 0 Å². The molecule has 2 aromatic rings. The molecule has 114 valence electrons. The summed E-state index contributed by atoms with van der Waals surface area (Å²) in [5.74, 6) is 0. The molecule has 1 aromatic heterocycles. The van der Waals surface area contributed by atoms with E-state index in [1.807, 2.05) is 0 Å². The van der Waals surface area contributed by atoms with Gasteiger partial charge in [0, 0.05) is 36.7 Å². The molecule has 2 rings (SSSR count). The van der Waals surface area contributed by atoms with Crippen molar-refractivity contribution in [1.82, 2.24) is 9.47 Å². The van der Waals surface area contributed by atoms with E-state index in [1.165, 1.54) is 28.2 Å². The van der Waals surface area contributed by atoms with E-state index < -0.39 is 0 Å². The van der Waals surface area contributed by atoms with Crippen LogP contribution in [0.15, 0.2) is 30.3 Å². The molecule has 21 heavy (non-hydrogen) atoms. The van der Waals surface area contributed by atoms with Crippen LogP contribution in [0.4, 0.5) is 5.69 Å². The van der Waals surface area contributed by atoms with E-state index in [4.69, 9.17) is 0 Å². The summed E-state index contributed by atoms with van der Waals surface area (Å²) in [4.78, 5) is 2.19. The Morgan fingerprint density at radius 2 is 1.90 bits per heavy atom. The standard InChI is InChI=1S/C18H27N3/c1-6-21-14(2)10-17(15(21)3)12-19-18-9-7-8-16(11-18)13-20(4)5/h7-11,19H,6,12-13H2,1-5H3. The van der Waals surface area contributed by atoms with Crippen molar-refractivity contribution in [3.63, 3.8) is 0 Å². The number of rotatable bonds is 6. The predicted octanol–water partition coefficient (Wildman–Crippen LogP) is 3.80. The first kappa shape index (κ1) is 15.6. The smallest absolute Gasteiger partial charge is 0.0418 e. The molecule has 3 heteroatoms. The highest BCUT2D eigenvalue weighted by molar-refractivity contribution is 5.46. The molecule has 0 saturated carbocycles. The number of hydrogen-bond donors (Lipinski definition) is 1. The van der Waals surface area contributed by atoms with E-state index in [9.17, 15) is 0 Å². The number of aryl methyl sites for hydroxylation is 1. The van der Waals surface area contributed by atoms with Gasteiger partial charge in [-0.25, -0.2) is 0 Å². The topological polar surface area (TPSA) is 20.2 Å². The Hall–Kier alpha value is -1.74. The number of nitrogens with zero attached hydrogens (tertiary/aromatic N) is 2. The average Bonchev–Trinajstić information content (AvgIpc) is 2.70. The van der Waals surface area contributed by atoms with Crippen LogP contribution in [0.3, 0.4) is 0 Å². The predicted molar refractivity (Wildman–Crippen MR) is 90.7 cm³/mol. The molecule has 0 spiro atoms. The van der Waals surface area contributed by atoms with Crippen molar-refractivity contribution in [2.75, 3.05) is 19.4 Å². The zero-order valence-corrected chi connectivity index (χ0v) is 13.9. The van der Waals surface area contributed by atoms with Gasteiger partial charge < -0.3 is 14.8 Å². The van der Waals surface area contributed by atoms with Gasteiger partial charge in [0.25, 0.3) is 0 Å². The molecule has 0 aliphatic carbocycles. The van der Waals surface area contributed by atoms with E-state index in [0.717, 1.165) is 19.6 Å². The molecule has 1 aromatic carbocycles. The molecule has 0 fully saturated rings. The largest absolute Gasteiger partial charge is 0.381 e. The highest BCUT2D eigenvalue weighted by Crippen LogP contribution is 2.18. The van der Waals surface area contributed by atoms with Crippen LogP contribution in [-0.2, 0) is 19.6 Å². The molecule has 0 amide bonds. The van der Waals surface area contributed by atoms with E-state index in [1.54, 1.807) is 0 Å². The Balaban J connectivity index is 2.06. The second-order valence-corrected chi connectivity index (χ2v) is 5.93. The number of anilines is 1. The third-order valence-electron chi connectivity index (χ3n) is 3.90. The van der Waals surface area contributed by atoms with Crippen LogP contribution in [0.25, 0.3) is 0 Å². The van der Waals surface area contributed by atoms with Gasteiger partial charge >= 0.3 is 0 Å². The van der Waals surface area contributed by atoms with Crippen molar-refractivity contribution >= 4 is 5.69 Å². The Bertz CT molecular complexity index is 597. The molecule has 1 heterocycles. The molecule has 0 aliphatic heterocycles. The summed E-state index contributed by atoms with van der Waals surface area (Å²) >= 11 is 0. The average molecular weight is 285 g/mol. The summed E-state index contributed by atoms with van der Waals surface area (Å²) < 4.78 is 2.36. The third-order valence-corrected chi connectivity index (χ3v) is 3.90. The summed E-state index contributed by atoms with van der Waals surface area (Å²) in [6, 6.07) is 11.0. The number of hydrogen-bond acceptors (Lipinski definition) is 2. The summed E-state index contributed by atoms with van der Waals surface area (Å²) in [6.07, 6.45) is 0. The van der Waals surface area contributed by atoms with Gasteiger partial charge in [-0.15, -0.1) is 0 Å². The molecule has 0 unspecified atom stereocenters. The quantitative estimate of drug-likeness (QED) is 0.871. The van der Waals surface area contributed by atoms with E-state index >= 15 is 0 Å². The van der Waals surface area contributed by atoms with Crippen LogP contribution in [0.1, 0.15) is 29.4 Å². The number of benzene rings is 1. The number of aromatic nitrogens is 1. The second-order valence-electron chi connectivity index (χ2n) is 5.93. The van der Waals surface area contributed by atoms with E-state index in [0.29, 0.717) is 0 Å². The summed E-state index contributed by atoms with van der Waals surface area (Å²) in [5.41, 5.74) is 6.62. The van der Waals surface area contributed by atoms with Crippen molar-refractivity contribution in [2.24, 2.45) is 0 Å². The fourth-order valence-corrected chi connectivity index (χ4v) is 2.88. The van der Waals surface area contributed by atoms with Crippen molar-refractivity contribution in [3.05, 3.63) is 52.8 Å². The van der Waals surface area contributed by atoms with Crippen LogP contribution < -0.4 is 5.32 Å². The Kier molecular flexibility index (Phi) is 5.07. The van der Waals surface area contributed by atoms with Crippen LogP contribution in [-0.4, -0.2) is 23.6 Å². The molecule has 0 bridgehead atoms. The minimum absolute atomic E-state index is 0.880. The lowest BCUT2D eigenvalue weighted by Gasteiger charge is -2.12. The molecule has 0 atom stereocenters.